The van der Waals surface area contributed by atoms with Crippen molar-refractivity contribution in [2.75, 3.05) is 20.3 Å². The first-order valence-electron chi connectivity index (χ1n) is 5.86. The maximum absolute atomic E-state index is 9.08. The van der Waals surface area contributed by atoms with Gasteiger partial charge in [-0.25, -0.2) is 0 Å². The van der Waals surface area contributed by atoms with E-state index in [1.165, 1.54) is 11.1 Å². The molecule has 0 unspecified atom stereocenters. The molecule has 4 nitrogen and oxygen atoms in total. The van der Waals surface area contributed by atoms with Crippen molar-refractivity contribution in [1.29, 1.82) is 0 Å². The Morgan fingerprint density at radius 3 is 2.12 bits per heavy atom. The molecule has 0 aliphatic heterocycles. The Balaban J connectivity index is 2.52. The molecule has 0 spiro atoms. The van der Waals surface area contributed by atoms with Gasteiger partial charge in [-0.1, -0.05) is 24.3 Å². The van der Waals surface area contributed by atoms with Crippen molar-refractivity contribution in [2.24, 2.45) is 5.73 Å². The monoisotopic (exact) mass is 238 g/mol. The van der Waals surface area contributed by atoms with E-state index in [0.29, 0.717) is 6.42 Å². The van der Waals surface area contributed by atoms with Gasteiger partial charge in [-0.05, 0) is 31.0 Å². The second-order valence-corrected chi connectivity index (χ2v) is 4.53. The Kier molecular flexibility index (Phi) is 5.58. The number of rotatable bonds is 7. The molecule has 0 heterocycles. The third kappa shape index (κ3) is 4.44. The molecule has 1 aromatic carbocycles. The SMILES string of the molecule is CNCc1ccc(CCC(N)(CO)CO)cc1. The van der Waals surface area contributed by atoms with Crippen molar-refractivity contribution in [3.63, 3.8) is 0 Å². The molecule has 0 saturated heterocycles. The van der Waals surface area contributed by atoms with Gasteiger partial charge < -0.3 is 21.3 Å². The summed E-state index contributed by atoms with van der Waals surface area (Å²) in [6.45, 7) is 0.469. The molecule has 0 bridgehead atoms. The minimum Gasteiger partial charge on any atom is -0.394 e. The van der Waals surface area contributed by atoms with Gasteiger partial charge in [0.2, 0.25) is 0 Å². The Hall–Kier alpha value is -0.940. The van der Waals surface area contributed by atoms with Gasteiger partial charge >= 0.3 is 0 Å². The van der Waals surface area contributed by atoms with Crippen molar-refractivity contribution in [2.45, 2.75) is 24.9 Å². The lowest BCUT2D eigenvalue weighted by Crippen LogP contribution is -2.47. The largest absolute Gasteiger partial charge is 0.394 e. The second-order valence-electron chi connectivity index (χ2n) is 4.53. The third-order valence-corrected chi connectivity index (χ3v) is 2.95. The van der Waals surface area contributed by atoms with Gasteiger partial charge in [0.15, 0.2) is 0 Å². The zero-order valence-corrected chi connectivity index (χ0v) is 10.3. The minimum atomic E-state index is -0.871. The van der Waals surface area contributed by atoms with Crippen molar-refractivity contribution < 1.29 is 10.2 Å². The highest BCUT2D eigenvalue weighted by molar-refractivity contribution is 5.22. The average molecular weight is 238 g/mol. The fourth-order valence-electron chi connectivity index (χ4n) is 1.63. The van der Waals surface area contributed by atoms with E-state index in [-0.39, 0.29) is 13.2 Å². The Morgan fingerprint density at radius 2 is 1.65 bits per heavy atom. The summed E-state index contributed by atoms with van der Waals surface area (Å²) >= 11 is 0. The van der Waals surface area contributed by atoms with E-state index >= 15 is 0 Å². The van der Waals surface area contributed by atoms with E-state index in [2.05, 4.69) is 29.6 Å². The molecule has 0 aliphatic rings. The first kappa shape index (κ1) is 14.1. The van der Waals surface area contributed by atoms with Crippen LogP contribution in [0.5, 0.6) is 0 Å². The molecule has 4 heteroatoms. The third-order valence-electron chi connectivity index (χ3n) is 2.95. The summed E-state index contributed by atoms with van der Waals surface area (Å²) in [5.41, 5.74) is 7.34. The van der Waals surface area contributed by atoms with E-state index in [4.69, 9.17) is 15.9 Å². The number of nitrogens with one attached hydrogen (secondary N) is 1. The summed E-state index contributed by atoms with van der Waals surface area (Å²) in [4.78, 5) is 0. The lowest BCUT2D eigenvalue weighted by atomic mass is 9.94. The smallest absolute Gasteiger partial charge is 0.0633 e. The van der Waals surface area contributed by atoms with Gasteiger partial charge in [0.05, 0.1) is 18.8 Å². The van der Waals surface area contributed by atoms with Gasteiger partial charge in [-0.15, -0.1) is 0 Å². The summed E-state index contributed by atoms with van der Waals surface area (Å²) in [5, 5.41) is 21.3. The van der Waals surface area contributed by atoms with Gasteiger partial charge in [0, 0.05) is 6.54 Å². The first-order valence-corrected chi connectivity index (χ1v) is 5.86. The fraction of sp³-hybridized carbons (Fsp3) is 0.538. The summed E-state index contributed by atoms with van der Waals surface area (Å²) in [5.74, 6) is 0. The van der Waals surface area contributed by atoms with Gasteiger partial charge in [-0.3, -0.25) is 0 Å². The van der Waals surface area contributed by atoms with E-state index in [9.17, 15) is 0 Å². The highest BCUT2D eigenvalue weighted by Gasteiger charge is 2.22. The van der Waals surface area contributed by atoms with E-state index in [1.807, 2.05) is 7.05 Å². The fourth-order valence-corrected chi connectivity index (χ4v) is 1.63. The van der Waals surface area contributed by atoms with Crippen LogP contribution in [-0.4, -0.2) is 36.0 Å². The van der Waals surface area contributed by atoms with Crippen molar-refractivity contribution in [3.05, 3.63) is 35.4 Å². The van der Waals surface area contributed by atoms with Crippen LogP contribution in [0.1, 0.15) is 17.5 Å². The zero-order valence-electron chi connectivity index (χ0n) is 10.3. The quantitative estimate of drug-likeness (QED) is 0.540. The number of aliphatic hydroxyl groups excluding tert-OH is 2. The Labute approximate surface area is 102 Å². The average Bonchev–Trinajstić information content (AvgIpc) is 2.38. The summed E-state index contributed by atoms with van der Waals surface area (Å²) < 4.78 is 0. The highest BCUT2D eigenvalue weighted by atomic mass is 16.3. The van der Waals surface area contributed by atoms with Crippen LogP contribution in [0.4, 0.5) is 0 Å². The zero-order chi connectivity index (χ0) is 12.7. The maximum atomic E-state index is 9.08. The van der Waals surface area contributed by atoms with Crippen molar-refractivity contribution in [3.8, 4) is 0 Å². The number of aliphatic hydroxyl groups is 2. The molecule has 1 rings (SSSR count). The molecule has 0 aromatic heterocycles. The van der Waals surface area contributed by atoms with Crippen LogP contribution in [-0.2, 0) is 13.0 Å². The number of nitrogens with two attached hydrogens (primary N) is 1. The van der Waals surface area contributed by atoms with Crippen LogP contribution in [0.15, 0.2) is 24.3 Å². The molecule has 0 atom stereocenters. The van der Waals surface area contributed by atoms with E-state index in [1.54, 1.807) is 0 Å². The predicted octanol–water partition coefficient (Wildman–Crippen LogP) is 0.0207. The Morgan fingerprint density at radius 1 is 1.12 bits per heavy atom. The number of hydrogen-bond acceptors (Lipinski definition) is 4. The minimum absolute atomic E-state index is 0.193. The Bertz CT molecular complexity index is 321. The van der Waals surface area contributed by atoms with Crippen LogP contribution < -0.4 is 11.1 Å². The molecule has 0 amide bonds. The summed E-state index contributed by atoms with van der Waals surface area (Å²) in [7, 11) is 1.92. The molecule has 96 valence electrons. The molecule has 17 heavy (non-hydrogen) atoms. The lowest BCUT2D eigenvalue weighted by Gasteiger charge is -2.24. The maximum Gasteiger partial charge on any atom is 0.0633 e. The van der Waals surface area contributed by atoms with Crippen LogP contribution in [0.3, 0.4) is 0 Å². The summed E-state index contributed by atoms with van der Waals surface area (Å²) in [6.07, 6.45) is 1.34. The van der Waals surface area contributed by atoms with E-state index < -0.39 is 5.54 Å². The van der Waals surface area contributed by atoms with E-state index in [0.717, 1.165) is 13.0 Å². The van der Waals surface area contributed by atoms with Crippen LogP contribution in [0, 0.1) is 0 Å². The van der Waals surface area contributed by atoms with Crippen molar-refractivity contribution in [1.82, 2.24) is 5.32 Å². The highest BCUT2D eigenvalue weighted by Crippen LogP contribution is 2.12. The molecule has 5 N–H and O–H groups in total. The first-order chi connectivity index (χ1) is 8.13. The molecule has 0 radical (unpaired) electrons. The number of benzene rings is 1. The number of aryl methyl sites for hydroxylation is 1. The molecule has 1 aromatic rings. The molecule has 0 saturated carbocycles. The van der Waals surface area contributed by atoms with Crippen LogP contribution in [0.2, 0.25) is 0 Å². The predicted molar refractivity (Wildman–Crippen MR) is 68.6 cm³/mol. The molecule has 0 fully saturated rings. The lowest BCUT2D eigenvalue weighted by molar-refractivity contribution is 0.115. The molecule has 0 aliphatic carbocycles. The van der Waals surface area contributed by atoms with Crippen molar-refractivity contribution >= 4 is 0 Å². The van der Waals surface area contributed by atoms with Gasteiger partial charge in [0.25, 0.3) is 0 Å². The van der Waals surface area contributed by atoms with Crippen LogP contribution >= 0.6 is 0 Å². The molecular weight excluding hydrogens is 216 g/mol. The standard InChI is InChI=1S/C13H22N2O2/c1-15-8-12-4-2-11(3-5-12)6-7-13(14,9-16)10-17/h2-5,15-17H,6-10,14H2,1H3. The normalized spacial score (nSPS) is 11.8. The second kappa shape index (κ2) is 6.71. The van der Waals surface area contributed by atoms with Crippen LogP contribution in [0.25, 0.3) is 0 Å². The van der Waals surface area contributed by atoms with Gasteiger partial charge in [0.1, 0.15) is 0 Å². The summed E-state index contributed by atoms with van der Waals surface area (Å²) in [6, 6.07) is 8.26. The molecular formula is C13H22N2O2. The number of hydrogen-bond donors (Lipinski definition) is 4. The van der Waals surface area contributed by atoms with Gasteiger partial charge in [-0.2, -0.15) is 0 Å². The topological polar surface area (TPSA) is 78.5 Å².